The number of nitrogen functional groups attached to an aromatic ring is 1. The first kappa shape index (κ1) is 25.4. The van der Waals surface area contributed by atoms with Gasteiger partial charge in [0.2, 0.25) is 10.0 Å². The van der Waals surface area contributed by atoms with E-state index in [1.807, 2.05) is 66.7 Å². The number of benzene rings is 4. The molecule has 2 heterocycles. The summed E-state index contributed by atoms with van der Waals surface area (Å²) in [6.07, 6.45) is 0.677. The summed E-state index contributed by atoms with van der Waals surface area (Å²) < 4.78 is 22.9. The van der Waals surface area contributed by atoms with Crippen LogP contribution in [-0.4, -0.2) is 29.9 Å². The first-order chi connectivity index (χ1) is 19.3. The lowest BCUT2D eigenvalue weighted by Crippen LogP contribution is -2.12. The molecule has 0 fully saturated rings. The van der Waals surface area contributed by atoms with E-state index in [-0.39, 0.29) is 4.90 Å². The van der Waals surface area contributed by atoms with Crippen molar-refractivity contribution in [2.24, 2.45) is 5.14 Å². The van der Waals surface area contributed by atoms with Gasteiger partial charge in [-0.05, 0) is 47.9 Å². The number of pyridine rings is 1. The van der Waals surface area contributed by atoms with Crippen LogP contribution in [-0.2, 0) is 16.4 Å². The molecule has 6 aromatic rings. The number of nitrogens with one attached hydrogen (secondary N) is 1. The van der Waals surface area contributed by atoms with Crippen LogP contribution in [0.15, 0.2) is 108 Å². The van der Waals surface area contributed by atoms with E-state index >= 15 is 0 Å². The van der Waals surface area contributed by atoms with Crippen molar-refractivity contribution in [3.05, 3.63) is 109 Å². The van der Waals surface area contributed by atoms with E-state index in [4.69, 9.17) is 25.8 Å². The second kappa shape index (κ2) is 10.4. The smallest absolute Gasteiger partial charge is 0.238 e. The average Bonchev–Trinajstić information content (AvgIpc) is 2.96. The Labute approximate surface area is 231 Å². The molecular formula is C31H26N6O2S. The van der Waals surface area contributed by atoms with Gasteiger partial charge in [-0.15, -0.1) is 0 Å². The van der Waals surface area contributed by atoms with Crippen molar-refractivity contribution in [1.82, 2.24) is 15.0 Å². The van der Waals surface area contributed by atoms with Gasteiger partial charge in [0.1, 0.15) is 11.0 Å². The largest absolute Gasteiger partial charge is 0.397 e. The molecule has 8 nitrogen and oxygen atoms in total. The van der Waals surface area contributed by atoms with Crippen LogP contribution in [0.5, 0.6) is 0 Å². The molecule has 6 rings (SSSR count). The second-order valence-electron chi connectivity index (χ2n) is 9.48. The third kappa shape index (κ3) is 5.20. The predicted octanol–water partition coefficient (Wildman–Crippen LogP) is 5.40. The lowest BCUT2D eigenvalue weighted by molar-refractivity contribution is 0.598. The summed E-state index contributed by atoms with van der Waals surface area (Å²) in [4.78, 5) is 14.8. The molecule has 0 saturated heterocycles. The highest BCUT2D eigenvalue weighted by Crippen LogP contribution is 2.34. The molecule has 0 radical (unpaired) electrons. The van der Waals surface area contributed by atoms with E-state index in [1.54, 1.807) is 12.1 Å². The number of nitrogens with zero attached hydrogens (tertiary/aromatic N) is 3. The second-order valence-corrected chi connectivity index (χ2v) is 11.0. The van der Waals surface area contributed by atoms with Gasteiger partial charge in [0, 0.05) is 23.4 Å². The Morgan fingerprint density at radius 2 is 1.40 bits per heavy atom. The van der Waals surface area contributed by atoms with Gasteiger partial charge in [-0.25, -0.2) is 28.5 Å². The molecule has 9 heteroatoms. The molecule has 40 heavy (non-hydrogen) atoms. The van der Waals surface area contributed by atoms with Crippen molar-refractivity contribution in [2.45, 2.75) is 11.3 Å². The highest BCUT2D eigenvalue weighted by molar-refractivity contribution is 7.89. The first-order valence-corrected chi connectivity index (χ1v) is 14.3. The van der Waals surface area contributed by atoms with Crippen LogP contribution >= 0.6 is 0 Å². The highest BCUT2D eigenvalue weighted by Gasteiger charge is 2.15. The first-order valence-electron chi connectivity index (χ1n) is 12.7. The number of fused-ring (bicyclic) bond motifs is 2. The van der Waals surface area contributed by atoms with Crippen LogP contribution in [0, 0.1) is 0 Å². The van der Waals surface area contributed by atoms with Crippen LogP contribution in [0.2, 0.25) is 0 Å². The quantitative estimate of drug-likeness (QED) is 0.180. The zero-order valence-corrected chi connectivity index (χ0v) is 22.3. The number of aromatic nitrogens is 3. The number of primary sulfonamides is 1. The summed E-state index contributed by atoms with van der Waals surface area (Å²) in [5.74, 6) is 0. The number of anilines is 2. The van der Waals surface area contributed by atoms with Gasteiger partial charge >= 0.3 is 0 Å². The summed E-state index contributed by atoms with van der Waals surface area (Å²) in [6, 6.07) is 32.5. The normalized spacial score (nSPS) is 11.6. The molecule has 0 saturated carbocycles. The zero-order chi connectivity index (χ0) is 27.7. The van der Waals surface area contributed by atoms with Crippen molar-refractivity contribution in [3.8, 4) is 22.4 Å². The van der Waals surface area contributed by atoms with Gasteiger partial charge < -0.3 is 11.1 Å². The summed E-state index contributed by atoms with van der Waals surface area (Å²) >= 11 is 0. The third-order valence-corrected chi connectivity index (χ3v) is 7.62. The van der Waals surface area contributed by atoms with Crippen LogP contribution in [0.3, 0.4) is 0 Å². The van der Waals surface area contributed by atoms with Gasteiger partial charge in [-0.2, -0.15) is 0 Å². The Bertz CT molecular complexity index is 1950. The van der Waals surface area contributed by atoms with Crippen LogP contribution in [0.1, 0.15) is 5.56 Å². The van der Waals surface area contributed by atoms with Crippen molar-refractivity contribution in [1.29, 1.82) is 0 Å². The maximum Gasteiger partial charge on any atom is 0.238 e. The van der Waals surface area contributed by atoms with E-state index in [2.05, 4.69) is 17.4 Å². The molecule has 0 aliphatic carbocycles. The van der Waals surface area contributed by atoms with Gasteiger partial charge in [-0.1, -0.05) is 72.8 Å². The Morgan fingerprint density at radius 1 is 0.725 bits per heavy atom. The zero-order valence-electron chi connectivity index (χ0n) is 21.5. The number of nitrogens with two attached hydrogens (primary N) is 2. The third-order valence-electron chi connectivity index (χ3n) is 6.69. The predicted molar refractivity (Wildman–Crippen MR) is 160 cm³/mol. The SMILES string of the molecule is Nc1cc(NCCc2ccc(S(N)(=O)=O)cc2)cc2nc3nc(-c4ccccc4)c(-c4ccccc4)cc3nc12. The summed E-state index contributed by atoms with van der Waals surface area (Å²) in [7, 11) is -3.71. The summed E-state index contributed by atoms with van der Waals surface area (Å²) in [5.41, 5.74) is 15.1. The number of sulfonamides is 1. The fraction of sp³-hybridized carbons (Fsp3) is 0.0645. The van der Waals surface area contributed by atoms with E-state index in [1.165, 1.54) is 12.1 Å². The number of hydrogen-bond donors (Lipinski definition) is 3. The van der Waals surface area contributed by atoms with Crippen molar-refractivity contribution < 1.29 is 8.42 Å². The molecular weight excluding hydrogens is 520 g/mol. The van der Waals surface area contributed by atoms with Crippen molar-refractivity contribution in [3.63, 3.8) is 0 Å². The molecule has 4 aromatic carbocycles. The van der Waals surface area contributed by atoms with Crippen LogP contribution in [0.4, 0.5) is 11.4 Å². The number of hydrogen-bond acceptors (Lipinski definition) is 7. The molecule has 198 valence electrons. The fourth-order valence-corrected chi connectivity index (χ4v) is 5.21. The minimum atomic E-state index is -3.71. The lowest BCUT2D eigenvalue weighted by atomic mass is 9.99. The minimum Gasteiger partial charge on any atom is -0.397 e. The van der Waals surface area contributed by atoms with E-state index < -0.39 is 10.0 Å². The Kier molecular flexibility index (Phi) is 6.59. The molecule has 2 aromatic heterocycles. The Hall–Kier alpha value is -4.86. The monoisotopic (exact) mass is 546 g/mol. The highest BCUT2D eigenvalue weighted by atomic mass is 32.2. The Morgan fingerprint density at radius 3 is 2.08 bits per heavy atom. The average molecular weight is 547 g/mol. The molecule has 0 spiro atoms. The molecule has 5 N–H and O–H groups in total. The molecule has 0 unspecified atom stereocenters. The molecule has 0 aliphatic rings. The maximum atomic E-state index is 11.5. The molecule has 0 atom stereocenters. The Balaban J connectivity index is 1.33. The summed E-state index contributed by atoms with van der Waals surface area (Å²) in [6.45, 7) is 0.609. The molecule has 0 bridgehead atoms. The van der Waals surface area contributed by atoms with Gasteiger partial charge in [0.15, 0.2) is 5.65 Å². The van der Waals surface area contributed by atoms with E-state index in [9.17, 15) is 8.42 Å². The standard InChI is InChI=1S/C31H26N6O2S/c32-26-17-23(34-16-15-20-11-13-24(14-12-20)40(33,38)39)18-27-30(26)35-28-19-25(21-7-3-1-4-8-21)29(37-31(28)36-27)22-9-5-2-6-10-22/h1-14,17-19,34H,15-16,32H2,(H2,33,38,39). The number of rotatable bonds is 7. The maximum absolute atomic E-state index is 11.5. The van der Waals surface area contributed by atoms with E-state index in [0.29, 0.717) is 40.9 Å². The van der Waals surface area contributed by atoms with Crippen molar-refractivity contribution in [2.75, 3.05) is 17.6 Å². The lowest BCUT2D eigenvalue weighted by Gasteiger charge is -2.13. The minimum absolute atomic E-state index is 0.0947. The van der Waals surface area contributed by atoms with Gasteiger partial charge in [0.05, 0.1) is 21.8 Å². The molecule has 0 amide bonds. The van der Waals surface area contributed by atoms with Gasteiger partial charge in [-0.3, -0.25) is 0 Å². The van der Waals surface area contributed by atoms with Crippen LogP contribution < -0.4 is 16.2 Å². The van der Waals surface area contributed by atoms with Gasteiger partial charge in [0.25, 0.3) is 0 Å². The fourth-order valence-electron chi connectivity index (χ4n) is 4.69. The summed E-state index contributed by atoms with van der Waals surface area (Å²) in [5, 5.41) is 8.56. The van der Waals surface area contributed by atoms with Crippen molar-refractivity contribution >= 4 is 43.6 Å². The van der Waals surface area contributed by atoms with E-state index in [0.717, 1.165) is 33.6 Å². The molecule has 0 aliphatic heterocycles. The van der Waals surface area contributed by atoms with Crippen LogP contribution in [0.25, 0.3) is 44.6 Å². The topological polar surface area (TPSA) is 137 Å².